The molecule has 0 bridgehead atoms. The highest BCUT2D eigenvalue weighted by Gasteiger charge is 2.52. The first-order chi connectivity index (χ1) is 5.60. The number of rotatable bonds is 0. The zero-order valence-electron chi connectivity index (χ0n) is 8.04. The molecule has 3 nitrogen and oxygen atoms in total. The van der Waals surface area contributed by atoms with Crippen molar-refractivity contribution in [2.75, 3.05) is 0 Å². The molecule has 0 aromatic carbocycles. The van der Waals surface area contributed by atoms with Crippen molar-refractivity contribution < 1.29 is 8.42 Å². The monoisotopic (exact) mass is 239 g/mol. The normalized spacial score (nSPS) is 29.4. The molecule has 13 heavy (non-hydrogen) atoms. The van der Waals surface area contributed by atoms with Gasteiger partial charge in [-0.15, -0.1) is 0 Å². The lowest BCUT2D eigenvalue weighted by Gasteiger charge is -2.43. The van der Waals surface area contributed by atoms with Crippen LogP contribution in [-0.4, -0.2) is 22.2 Å². The fourth-order valence-corrected chi connectivity index (χ4v) is 4.67. The molecule has 6 heteroatoms. The fourth-order valence-electron chi connectivity index (χ4n) is 0.936. The second-order valence-corrected chi connectivity index (χ2v) is 8.55. The number of thioether (sulfide) groups is 1. The maximum Gasteiger partial charge on any atom is 0.240 e. The Bertz CT molecular complexity index is 343. The van der Waals surface area contributed by atoms with Gasteiger partial charge in [-0.05, 0) is 27.7 Å². The molecule has 1 aliphatic heterocycles. The van der Waals surface area contributed by atoms with Gasteiger partial charge in [0.2, 0.25) is 10.0 Å². The van der Waals surface area contributed by atoms with Gasteiger partial charge in [0.05, 0.1) is 0 Å². The van der Waals surface area contributed by atoms with Crippen molar-refractivity contribution in [1.29, 1.82) is 0 Å². The Kier molecular flexibility index (Phi) is 2.46. The minimum atomic E-state index is -3.33. The molecule has 0 atom stereocenters. The van der Waals surface area contributed by atoms with Crippen molar-refractivity contribution in [1.82, 2.24) is 4.72 Å². The summed E-state index contributed by atoms with van der Waals surface area (Å²) in [7, 11) is -3.33. The maximum atomic E-state index is 11.7. The molecule has 0 radical (unpaired) electrons. The van der Waals surface area contributed by atoms with E-state index in [1.165, 1.54) is 11.8 Å². The van der Waals surface area contributed by atoms with E-state index in [0.717, 1.165) is 0 Å². The van der Waals surface area contributed by atoms with Crippen LogP contribution in [0.5, 0.6) is 0 Å². The minimum Gasteiger partial charge on any atom is -0.268 e. The van der Waals surface area contributed by atoms with E-state index in [1.807, 2.05) is 13.8 Å². The van der Waals surface area contributed by atoms with Crippen LogP contribution in [0.1, 0.15) is 27.7 Å². The lowest BCUT2D eigenvalue weighted by atomic mass is 9.98. The number of nitrogens with one attached hydrogen (secondary N) is 1. The third-order valence-electron chi connectivity index (χ3n) is 2.69. The Balaban J connectivity index is 3.27. The molecule has 0 aliphatic carbocycles. The first kappa shape index (κ1) is 11.3. The molecule has 1 rings (SSSR count). The van der Waals surface area contributed by atoms with Gasteiger partial charge in [0.25, 0.3) is 0 Å². The molecule has 0 unspecified atom stereocenters. The van der Waals surface area contributed by atoms with Crippen LogP contribution in [0.4, 0.5) is 0 Å². The van der Waals surface area contributed by atoms with Crippen molar-refractivity contribution >= 4 is 38.3 Å². The van der Waals surface area contributed by atoms with Gasteiger partial charge in [0.15, 0.2) is 0 Å². The molecule has 0 saturated carbocycles. The van der Waals surface area contributed by atoms with Crippen LogP contribution >= 0.6 is 24.0 Å². The van der Waals surface area contributed by atoms with Crippen LogP contribution in [0.25, 0.3) is 0 Å². The molecule has 0 amide bonds. The molecule has 1 fully saturated rings. The van der Waals surface area contributed by atoms with Crippen molar-refractivity contribution in [2.45, 2.75) is 37.2 Å². The lowest BCUT2D eigenvalue weighted by molar-refractivity contribution is 0.481. The summed E-state index contributed by atoms with van der Waals surface area (Å²) >= 11 is 6.27. The number of sulfonamides is 1. The zero-order chi connectivity index (χ0) is 10.5. The van der Waals surface area contributed by atoms with E-state index in [-0.39, 0.29) is 0 Å². The highest BCUT2D eigenvalue weighted by molar-refractivity contribution is 8.26. The summed E-state index contributed by atoms with van der Waals surface area (Å²) in [4.78, 5) is 0. The molecule has 0 aromatic rings. The van der Waals surface area contributed by atoms with Gasteiger partial charge in [0, 0.05) is 4.75 Å². The average molecular weight is 239 g/mol. The molecular weight excluding hydrogens is 226 g/mol. The standard InChI is InChI=1S/C7H13NO2S3/c1-6(2)7(3,4)13(9,10)8-5(11)12-6/h1-4H3,(H,8,11). The second-order valence-electron chi connectivity index (χ2n) is 4.02. The van der Waals surface area contributed by atoms with Gasteiger partial charge in [-0.25, -0.2) is 8.42 Å². The minimum absolute atomic E-state index is 0.337. The fraction of sp³-hybridized carbons (Fsp3) is 0.857. The van der Waals surface area contributed by atoms with Gasteiger partial charge in [-0.2, -0.15) is 0 Å². The Morgan fingerprint density at radius 2 is 1.77 bits per heavy atom. The summed E-state index contributed by atoms with van der Waals surface area (Å²) in [6, 6.07) is 0. The van der Waals surface area contributed by atoms with E-state index >= 15 is 0 Å². The first-order valence-corrected chi connectivity index (χ1v) is 6.56. The van der Waals surface area contributed by atoms with Gasteiger partial charge in [0.1, 0.15) is 9.07 Å². The molecule has 1 N–H and O–H groups in total. The molecule has 1 aliphatic rings. The molecule has 1 saturated heterocycles. The van der Waals surface area contributed by atoms with Gasteiger partial charge >= 0.3 is 0 Å². The van der Waals surface area contributed by atoms with Crippen LogP contribution < -0.4 is 4.72 Å². The number of hydrogen-bond acceptors (Lipinski definition) is 4. The summed E-state index contributed by atoms with van der Waals surface area (Å²) in [6.45, 7) is 7.21. The Morgan fingerprint density at radius 3 is 2.15 bits per heavy atom. The van der Waals surface area contributed by atoms with E-state index in [2.05, 4.69) is 4.72 Å². The molecular formula is C7H13NO2S3. The van der Waals surface area contributed by atoms with E-state index in [1.54, 1.807) is 13.8 Å². The van der Waals surface area contributed by atoms with Gasteiger partial charge in [-0.3, -0.25) is 4.72 Å². The van der Waals surface area contributed by atoms with Crippen molar-refractivity contribution in [3.8, 4) is 0 Å². The zero-order valence-corrected chi connectivity index (χ0v) is 10.5. The van der Waals surface area contributed by atoms with E-state index in [9.17, 15) is 8.42 Å². The van der Waals surface area contributed by atoms with E-state index < -0.39 is 19.5 Å². The van der Waals surface area contributed by atoms with Crippen molar-refractivity contribution in [3.05, 3.63) is 0 Å². The number of hydrogen-bond donors (Lipinski definition) is 1. The highest BCUT2D eigenvalue weighted by atomic mass is 32.2. The molecule has 1 heterocycles. The third kappa shape index (κ3) is 1.59. The van der Waals surface area contributed by atoms with E-state index in [0.29, 0.717) is 4.32 Å². The summed E-state index contributed by atoms with van der Waals surface area (Å²) in [5, 5.41) is 0. The Labute approximate surface area is 88.7 Å². The topological polar surface area (TPSA) is 46.2 Å². The SMILES string of the molecule is CC1(C)SC(=S)NS(=O)(=O)C1(C)C. The molecule has 76 valence electrons. The maximum absolute atomic E-state index is 11.7. The van der Waals surface area contributed by atoms with Crippen LogP contribution in [0.15, 0.2) is 0 Å². The molecule has 0 spiro atoms. The lowest BCUT2D eigenvalue weighted by Crippen LogP contribution is -2.59. The largest absolute Gasteiger partial charge is 0.268 e. The predicted molar refractivity (Wildman–Crippen MR) is 60.4 cm³/mol. The summed E-state index contributed by atoms with van der Waals surface area (Å²) in [5.74, 6) is 0. The summed E-state index contributed by atoms with van der Waals surface area (Å²) in [6.07, 6.45) is 0. The van der Waals surface area contributed by atoms with Crippen molar-refractivity contribution in [3.63, 3.8) is 0 Å². The summed E-state index contributed by atoms with van der Waals surface area (Å²) in [5.41, 5.74) is 0. The van der Waals surface area contributed by atoms with Crippen LogP contribution in [0.3, 0.4) is 0 Å². The quantitative estimate of drug-likeness (QED) is 0.651. The average Bonchev–Trinajstić information content (AvgIpc) is 1.80. The summed E-state index contributed by atoms with van der Waals surface area (Å²) < 4.78 is 24.9. The van der Waals surface area contributed by atoms with Crippen LogP contribution in [0.2, 0.25) is 0 Å². The van der Waals surface area contributed by atoms with Gasteiger partial charge in [-0.1, -0.05) is 24.0 Å². The van der Waals surface area contributed by atoms with Crippen LogP contribution in [-0.2, 0) is 10.0 Å². The number of thiocarbonyl (C=S) groups is 1. The van der Waals surface area contributed by atoms with Crippen LogP contribution in [0, 0.1) is 0 Å². The third-order valence-corrected chi connectivity index (χ3v) is 7.06. The highest BCUT2D eigenvalue weighted by Crippen LogP contribution is 2.43. The van der Waals surface area contributed by atoms with E-state index in [4.69, 9.17) is 12.2 Å². The smallest absolute Gasteiger partial charge is 0.240 e. The predicted octanol–water partition coefficient (Wildman–Crippen LogP) is 1.49. The van der Waals surface area contributed by atoms with Gasteiger partial charge < -0.3 is 0 Å². The molecule has 0 aromatic heterocycles. The van der Waals surface area contributed by atoms with Crippen molar-refractivity contribution in [2.24, 2.45) is 0 Å². The Hall–Kier alpha value is 0.190. The Morgan fingerprint density at radius 1 is 1.31 bits per heavy atom. The first-order valence-electron chi connectivity index (χ1n) is 3.85. The second kappa shape index (κ2) is 2.84.